The molecule has 0 aliphatic carbocycles. The maximum atomic E-state index is 8.80. The van der Waals surface area contributed by atoms with Crippen molar-refractivity contribution in [3.8, 4) is 0 Å². The van der Waals surface area contributed by atoms with Crippen LogP contribution < -0.4 is 16.9 Å². The van der Waals surface area contributed by atoms with Crippen LogP contribution in [0.25, 0.3) is 0 Å². The maximum Gasteiger partial charge on any atom is 0.150 e. The quantitative estimate of drug-likeness (QED) is 0.211. The third-order valence-electron chi connectivity index (χ3n) is 3.34. The van der Waals surface area contributed by atoms with E-state index in [1.807, 2.05) is 19.0 Å². The number of likely N-dealkylation sites (N-methyl/N-ethyl adjacent to an activating group) is 1. The fourth-order valence-electron chi connectivity index (χ4n) is 2.11. The molecule has 22 heavy (non-hydrogen) atoms. The lowest BCUT2D eigenvalue weighted by atomic mass is 10.1. The van der Waals surface area contributed by atoms with E-state index < -0.39 is 0 Å². The number of nitrogens with one attached hydrogen (secondary N) is 1. The molecule has 122 valence electrons. The molecule has 1 aromatic rings. The van der Waals surface area contributed by atoms with E-state index in [0.29, 0.717) is 6.04 Å². The first-order valence-electron chi connectivity index (χ1n) is 7.17. The van der Waals surface area contributed by atoms with Crippen molar-refractivity contribution in [2.75, 3.05) is 20.6 Å². The molecule has 1 aliphatic rings. The second kappa shape index (κ2) is 9.34. The van der Waals surface area contributed by atoms with Gasteiger partial charge in [0.05, 0.1) is 17.6 Å². The van der Waals surface area contributed by atoms with Gasteiger partial charge in [-0.1, -0.05) is 30.4 Å². The number of hydrogen-bond donors (Lipinski definition) is 4. The standard InChI is InChI=1S/C8H11N3O.C7H14N2S/c9-8(11-10)7-3-1-2-6(4-7)5-12;1-9(2)7(10)6-4-3-5-8-6/h1-4,12H,5,10H2,(H2,9,11);6,8H,3-5H2,1-2H3. The first-order chi connectivity index (χ1) is 10.5. The van der Waals surface area contributed by atoms with Gasteiger partial charge in [0.2, 0.25) is 0 Å². The van der Waals surface area contributed by atoms with E-state index in [-0.39, 0.29) is 12.4 Å². The van der Waals surface area contributed by atoms with Gasteiger partial charge in [-0.2, -0.15) is 5.10 Å². The van der Waals surface area contributed by atoms with Crippen molar-refractivity contribution in [3.05, 3.63) is 35.4 Å². The topological polar surface area (TPSA) is 99.9 Å². The Kier molecular flexibility index (Phi) is 7.79. The molecule has 1 unspecified atom stereocenters. The van der Waals surface area contributed by atoms with E-state index in [9.17, 15) is 0 Å². The molecule has 0 bridgehead atoms. The summed E-state index contributed by atoms with van der Waals surface area (Å²) in [5, 5.41) is 15.5. The fraction of sp³-hybridized carbons (Fsp3) is 0.467. The van der Waals surface area contributed by atoms with Crippen LogP contribution in [0, 0.1) is 0 Å². The minimum atomic E-state index is -0.00824. The molecule has 0 radical (unpaired) electrons. The monoisotopic (exact) mass is 323 g/mol. The fourth-order valence-corrected chi connectivity index (χ4v) is 2.31. The van der Waals surface area contributed by atoms with Gasteiger partial charge in [0, 0.05) is 19.7 Å². The molecule has 1 atom stereocenters. The number of aliphatic hydroxyl groups is 1. The van der Waals surface area contributed by atoms with Gasteiger partial charge < -0.3 is 26.9 Å². The Morgan fingerprint density at radius 1 is 1.50 bits per heavy atom. The van der Waals surface area contributed by atoms with Crippen molar-refractivity contribution in [1.29, 1.82) is 0 Å². The number of nitrogens with zero attached hydrogens (tertiary/aromatic N) is 2. The Morgan fingerprint density at radius 3 is 2.73 bits per heavy atom. The smallest absolute Gasteiger partial charge is 0.150 e. The second-order valence-electron chi connectivity index (χ2n) is 5.25. The van der Waals surface area contributed by atoms with E-state index in [4.69, 9.17) is 28.9 Å². The molecule has 1 aromatic carbocycles. The van der Waals surface area contributed by atoms with Crippen LogP contribution >= 0.6 is 12.2 Å². The summed E-state index contributed by atoms with van der Waals surface area (Å²) in [5.74, 6) is 5.26. The number of hydrazone groups is 1. The molecular formula is C15H25N5OS. The summed E-state index contributed by atoms with van der Waals surface area (Å²) in [6.07, 6.45) is 2.47. The number of benzene rings is 1. The number of amidine groups is 1. The number of rotatable bonds is 3. The third-order valence-corrected chi connectivity index (χ3v) is 3.99. The number of aliphatic hydroxyl groups excluding tert-OH is 1. The highest BCUT2D eigenvalue weighted by Gasteiger charge is 2.19. The molecule has 0 spiro atoms. The summed E-state index contributed by atoms with van der Waals surface area (Å²) in [4.78, 5) is 3.05. The van der Waals surface area contributed by atoms with Crippen LogP contribution in [0.3, 0.4) is 0 Å². The number of thiocarbonyl (C=S) groups is 1. The first-order valence-corrected chi connectivity index (χ1v) is 7.58. The SMILES string of the molecule is CN(C)C(=S)C1CCCN1.N/N=C(\N)c1cccc(CO)c1. The number of hydrogen-bond acceptors (Lipinski definition) is 5. The van der Waals surface area contributed by atoms with Gasteiger partial charge in [-0.05, 0) is 31.0 Å². The Hall–Kier alpha value is -1.70. The third kappa shape index (κ3) is 5.59. The van der Waals surface area contributed by atoms with Crippen molar-refractivity contribution >= 4 is 23.0 Å². The van der Waals surface area contributed by atoms with E-state index in [2.05, 4.69) is 10.4 Å². The van der Waals surface area contributed by atoms with E-state index in [0.717, 1.165) is 22.7 Å². The largest absolute Gasteiger partial charge is 0.392 e. The van der Waals surface area contributed by atoms with Crippen molar-refractivity contribution < 1.29 is 5.11 Å². The molecular weight excluding hydrogens is 298 g/mol. The van der Waals surface area contributed by atoms with Crippen molar-refractivity contribution in [1.82, 2.24) is 10.2 Å². The highest BCUT2D eigenvalue weighted by Crippen LogP contribution is 2.07. The van der Waals surface area contributed by atoms with Crippen LogP contribution in [0.5, 0.6) is 0 Å². The molecule has 1 heterocycles. The lowest BCUT2D eigenvalue weighted by molar-refractivity contribution is 0.282. The molecule has 6 nitrogen and oxygen atoms in total. The lowest BCUT2D eigenvalue weighted by Crippen LogP contribution is -2.38. The van der Waals surface area contributed by atoms with Gasteiger partial charge in [0.15, 0.2) is 0 Å². The lowest BCUT2D eigenvalue weighted by Gasteiger charge is -2.19. The highest BCUT2D eigenvalue weighted by atomic mass is 32.1. The molecule has 1 aliphatic heterocycles. The molecule has 2 rings (SSSR count). The van der Waals surface area contributed by atoms with E-state index >= 15 is 0 Å². The van der Waals surface area contributed by atoms with Gasteiger partial charge in [0.1, 0.15) is 5.84 Å². The Balaban J connectivity index is 0.000000224. The molecule has 0 aromatic heterocycles. The molecule has 1 fully saturated rings. The van der Waals surface area contributed by atoms with Crippen LogP contribution in [-0.2, 0) is 6.61 Å². The molecule has 0 saturated carbocycles. The zero-order valence-electron chi connectivity index (χ0n) is 13.1. The summed E-state index contributed by atoms with van der Waals surface area (Å²) in [5.41, 5.74) is 6.98. The summed E-state index contributed by atoms with van der Waals surface area (Å²) in [6.45, 7) is 1.12. The van der Waals surface area contributed by atoms with Gasteiger partial charge >= 0.3 is 0 Å². The minimum Gasteiger partial charge on any atom is -0.392 e. The normalized spacial score (nSPS) is 17.6. The molecule has 0 amide bonds. The molecule has 1 saturated heterocycles. The van der Waals surface area contributed by atoms with E-state index in [1.165, 1.54) is 12.8 Å². The average molecular weight is 323 g/mol. The van der Waals surface area contributed by atoms with Gasteiger partial charge in [-0.15, -0.1) is 0 Å². The Morgan fingerprint density at radius 2 is 2.23 bits per heavy atom. The summed E-state index contributed by atoms with van der Waals surface area (Å²) in [7, 11) is 4.00. The summed E-state index contributed by atoms with van der Waals surface area (Å²) in [6, 6.07) is 7.58. The second-order valence-corrected chi connectivity index (χ2v) is 5.67. The van der Waals surface area contributed by atoms with Crippen LogP contribution in [0.4, 0.5) is 0 Å². The van der Waals surface area contributed by atoms with Gasteiger partial charge in [0.25, 0.3) is 0 Å². The van der Waals surface area contributed by atoms with Gasteiger partial charge in [-0.3, -0.25) is 0 Å². The van der Waals surface area contributed by atoms with Crippen molar-refractivity contribution in [2.45, 2.75) is 25.5 Å². The first kappa shape index (κ1) is 18.3. The summed E-state index contributed by atoms with van der Waals surface area (Å²) >= 11 is 5.20. The maximum absolute atomic E-state index is 8.80. The van der Waals surface area contributed by atoms with Crippen molar-refractivity contribution in [2.24, 2.45) is 16.7 Å². The average Bonchev–Trinajstić information content (AvgIpc) is 3.08. The minimum absolute atomic E-state index is 0.00824. The van der Waals surface area contributed by atoms with Gasteiger partial charge in [-0.25, -0.2) is 0 Å². The highest BCUT2D eigenvalue weighted by molar-refractivity contribution is 7.80. The Bertz CT molecular complexity index is 512. The van der Waals surface area contributed by atoms with Crippen molar-refractivity contribution in [3.63, 3.8) is 0 Å². The molecule has 7 heteroatoms. The zero-order valence-corrected chi connectivity index (χ0v) is 13.9. The predicted octanol–water partition coefficient (Wildman–Crippen LogP) is 0.385. The van der Waals surface area contributed by atoms with E-state index in [1.54, 1.807) is 24.3 Å². The summed E-state index contributed by atoms with van der Waals surface area (Å²) < 4.78 is 0. The Labute approximate surface area is 137 Å². The van der Waals surface area contributed by atoms with Crippen LogP contribution in [0.15, 0.2) is 29.4 Å². The number of nitrogens with two attached hydrogens (primary N) is 2. The van der Waals surface area contributed by atoms with Crippen LogP contribution in [0.1, 0.15) is 24.0 Å². The zero-order chi connectivity index (χ0) is 16.5. The van der Waals surface area contributed by atoms with Crippen LogP contribution in [0.2, 0.25) is 0 Å². The van der Waals surface area contributed by atoms with Crippen LogP contribution in [-0.4, -0.2) is 47.5 Å². The predicted molar refractivity (Wildman–Crippen MR) is 94.6 cm³/mol. The molecule has 6 N–H and O–H groups in total.